The molecule has 1 aromatic carbocycles. The number of halogens is 1. The molecule has 5 heterocycles. The lowest BCUT2D eigenvalue weighted by atomic mass is 9.93. The standard InChI is InChI=1S/C30H30FN7O3/c1-17-21-5-3-2-4-18(21)10-13-37(17)29(39)24-14-25(19-6-7-19)38-27(33-24)15-23(35-38)22-8-9-26(34-28(22)31)36-12-11-20(16-36)41-30(32)40/h2-5,8-9,14-15,17,19-20H,6-7,10-13,16H2,1H3,(H2,32,40)/t17-,20-/m1/s1. The van der Waals surface area contributed by atoms with E-state index in [1.165, 1.54) is 11.1 Å². The number of hydrogen-bond donors (Lipinski definition) is 1. The molecule has 4 aromatic rings. The molecule has 0 radical (unpaired) electrons. The van der Waals surface area contributed by atoms with Gasteiger partial charge in [-0.2, -0.15) is 9.49 Å². The third-order valence-electron chi connectivity index (χ3n) is 8.39. The van der Waals surface area contributed by atoms with Crippen LogP contribution in [0.1, 0.15) is 65.5 Å². The quantitative estimate of drug-likeness (QED) is 0.366. The molecule has 2 fully saturated rings. The minimum atomic E-state index is -0.821. The van der Waals surface area contributed by atoms with Gasteiger partial charge in [0.15, 0.2) is 5.65 Å². The van der Waals surface area contributed by atoms with Crippen LogP contribution in [-0.2, 0) is 11.2 Å². The van der Waals surface area contributed by atoms with Crippen molar-refractivity contribution >= 4 is 23.5 Å². The highest BCUT2D eigenvalue weighted by molar-refractivity contribution is 5.93. The van der Waals surface area contributed by atoms with Crippen molar-refractivity contribution in [1.82, 2.24) is 24.5 Å². The molecule has 10 nitrogen and oxygen atoms in total. The Morgan fingerprint density at radius 2 is 1.88 bits per heavy atom. The Balaban J connectivity index is 1.18. The van der Waals surface area contributed by atoms with Crippen LogP contribution >= 0.6 is 0 Å². The number of aromatic nitrogens is 4. The van der Waals surface area contributed by atoms with Gasteiger partial charge in [-0.1, -0.05) is 24.3 Å². The summed E-state index contributed by atoms with van der Waals surface area (Å²) in [7, 11) is 0. The molecule has 210 valence electrons. The Morgan fingerprint density at radius 3 is 2.66 bits per heavy atom. The first kappa shape index (κ1) is 25.4. The van der Waals surface area contributed by atoms with Gasteiger partial charge >= 0.3 is 6.09 Å². The highest BCUT2D eigenvalue weighted by atomic mass is 19.1. The van der Waals surface area contributed by atoms with E-state index in [0.29, 0.717) is 48.9 Å². The van der Waals surface area contributed by atoms with Crippen LogP contribution in [0.5, 0.6) is 0 Å². The summed E-state index contributed by atoms with van der Waals surface area (Å²) >= 11 is 0. The van der Waals surface area contributed by atoms with Gasteiger partial charge in [-0.25, -0.2) is 19.3 Å². The second-order valence-corrected chi connectivity index (χ2v) is 11.1. The van der Waals surface area contributed by atoms with Crippen LogP contribution < -0.4 is 10.6 Å². The summed E-state index contributed by atoms with van der Waals surface area (Å²) in [4.78, 5) is 37.4. The maximum Gasteiger partial charge on any atom is 0.404 e. The first-order chi connectivity index (χ1) is 19.9. The van der Waals surface area contributed by atoms with E-state index in [1.54, 1.807) is 22.7 Å². The first-order valence-corrected chi connectivity index (χ1v) is 14.0. The van der Waals surface area contributed by atoms with E-state index >= 15 is 4.39 Å². The number of primary amides is 1. The summed E-state index contributed by atoms with van der Waals surface area (Å²) in [6.07, 6.45) is 2.26. The molecule has 1 saturated carbocycles. The smallest absolute Gasteiger partial charge is 0.404 e. The third-order valence-corrected chi connectivity index (χ3v) is 8.39. The minimum absolute atomic E-state index is 0.0535. The maximum atomic E-state index is 15.3. The second kappa shape index (κ2) is 9.83. The van der Waals surface area contributed by atoms with Gasteiger partial charge in [-0.15, -0.1) is 0 Å². The molecular formula is C30H30FN7O3. The summed E-state index contributed by atoms with van der Waals surface area (Å²) in [6, 6.07) is 15.1. The lowest BCUT2D eigenvalue weighted by molar-refractivity contribution is 0.0671. The second-order valence-electron chi connectivity index (χ2n) is 11.1. The topological polar surface area (TPSA) is 119 Å². The predicted octanol–water partition coefficient (Wildman–Crippen LogP) is 4.24. The fraction of sp³-hybridized carbons (Fsp3) is 0.367. The van der Waals surface area contributed by atoms with E-state index in [-0.39, 0.29) is 29.5 Å². The van der Waals surface area contributed by atoms with Crippen LogP contribution in [0.25, 0.3) is 16.9 Å². The molecule has 2 aliphatic heterocycles. The van der Waals surface area contributed by atoms with E-state index < -0.39 is 12.0 Å². The number of nitrogens with zero attached hydrogens (tertiary/aromatic N) is 6. The van der Waals surface area contributed by atoms with Crippen molar-refractivity contribution in [1.29, 1.82) is 0 Å². The van der Waals surface area contributed by atoms with Gasteiger partial charge in [-0.3, -0.25) is 4.79 Å². The van der Waals surface area contributed by atoms with Crippen LogP contribution in [-0.4, -0.2) is 62.2 Å². The van der Waals surface area contributed by atoms with Crippen LogP contribution in [0.2, 0.25) is 0 Å². The van der Waals surface area contributed by atoms with Crippen molar-refractivity contribution in [2.75, 3.05) is 24.5 Å². The lowest BCUT2D eigenvalue weighted by Gasteiger charge is -2.35. The summed E-state index contributed by atoms with van der Waals surface area (Å²) in [5, 5.41) is 4.70. The van der Waals surface area contributed by atoms with Crippen LogP contribution in [0.3, 0.4) is 0 Å². The Kier molecular flexibility index (Phi) is 6.09. The SMILES string of the molecule is C[C@@H]1c2ccccc2CCN1C(=O)c1cc(C2CC2)n2nc(-c3ccc(N4CC[C@@H](OC(N)=O)C4)nc3F)cc2n1. The van der Waals surface area contributed by atoms with E-state index in [0.717, 1.165) is 25.0 Å². The summed E-state index contributed by atoms with van der Waals surface area (Å²) in [5.41, 5.74) is 10.0. The molecule has 2 atom stereocenters. The number of carbonyl (C=O) groups is 2. The molecule has 7 rings (SSSR count). The number of anilines is 1. The van der Waals surface area contributed by atoms with Crippen molar-refractivity contribution in [3.8, 4) is 11.3 Å². The monoisotopic (exact) mass is 555 g/mol. The number of benzene rings is 1. The molecule has 41 heavy (non-hydrogen) atoms. The zero-order valence-corrected chi connectivity index (χ0v) is 22.7. The van der Waals surface area contributed by atoms with Crippen LogP contribution in [0.15, 0.2) is 48.5 Å². The molecule has 11 heteroatoms. The van der Waals surface area contributed by atoms with Gasteiger partial charge in [0, 0.05) is 37.2 Å². The fourth-order valence-electron chi connectivity index (χ4n) is 6.09. The average Bonchev–Trinajstić information content (AvgIpc) is 3.55. The number of nitrogens with two attached hydrogens (primary N) is 1. The molecular weight excluding hydrogens is 525 g/mol. The van der Waals surface area contributed by atoms with Crippen molar-refractivity contribution in [2.24, 2.45) is 5.73 Å². The number of hydrogen-bond acceptors (Lipinski definition) is 7. The van der Waals surface area contributed by atoms with Gasteiger partial charge in [0.25, 0.3) is 5.91 Å². The highest BCUT2D eigenvalue weighted by Gasteiger charge is 2.33. The van der Waals surface area contributed by atoms with Gasteiger partial charge in [0.05, 0.1) is 23.8 Å². The third kappa shape index (κ3) is 4.64. The number of fused-ring (bicyclic) bond motifs is 2. The van der Waals surface area contributed by atoms with Crippen molar-refractivity contribution < 1.29 is 18.7 Å². The Hall–Kier alpha value is -4.54. The summed E-state index contributed by atoms with van der Waals surface area (Å²) in [6.45, 7) is 3.66. The van der Waals surface area contributed by atoms with Crippen LogP contribution in [0, 0.1) is 5.95 Å². The summed E-state index contributed by atoms with van der Waals surface area (Å²) < 4.78 is 22.1. The van der Waals surface area contributed by atoms with E-state index in [4.69, 9.17) is 20.6 Å². The molecule has 2 N–H and O–H groups in total. The fourth-order valence-corrected chi connectivity index (χ4v) is 6.09. The molecule has 2 amide bonds. The molecule has 0 spiro atoms. The van der Waals surface area contributed by atoms with E-state index in [2.05, 4.69) is 24.0 Å². The predicted molar refractivity (Wildman–Crippen MR) is 149 cm³/mol. The zero-order valence-electron chi connectivity index (χ0n) is 22.7. The zero-order chi connectivity index (χ0) is 28.2. The molecule has 0 bridgehead atoms. The van der Waals surface area contributed by atoms with E-state index in [9.17, 15) is 9.59 Å². The molecule has 3 aliphatic rings. The van der Waals surface area contributed by atoms with Gasteiger partial charge in [0.1, 0.15) is 17.6 Å². The highest BCUT2D eigenvalue weighted by Crippen LogP contribution is 2.41. The number of amides is 2. The minimum Gasteiger partial charge on any atom is -0.444 e. The molecule has 3 aromatic heterocycles. The normalized spacial score (nSPS) is 20.3. The van der Waals surface area contributed by atoms with Crippen molar-refractivity contribution in [3.05, 3.63) is 77.0 Å². The lowest BCUT2D eigenvalue weighted by Crippen LogP contribution is -2.39. The van der Waals surface area contributed by atoms with Gasteiger partial charge in [0.2, 0.25) is 5.95 Å². The number of carbonyl (C=O) groups excluding carboxylic acids is 2. The Morgan fingerprint density at radius 1 is 1.05 bits per heavy atom. The van der Waals surface area contributed by atoms with Gasteiger partial charge in [-0.05, 0) is 55.5 Å². The maximum absolute atomic E-state index is 15.3. The first-order valence-electron chi connectivity index (χ1n) is 14.0. The molecule has 0 unspecified atom stereocenters. The van der Waals surface area contributed by atoms with E-state index in [1.807, 2.05) is 28.0 Å². The van der Waals surface area contributed by atoms with Crippen LogP contribution in [0.4, 0.5) is 15.0 Å². The van der Waals surface area contributed by atoms with Crippen molar-refractivity contribution in [2.45, 2.75) is 50.7 Å². The Bertz CT molecular complexity index is 1680. The van der Waals surface area contributed by atoms with Crippen molar-refractivity contribution in [3.63, 3.8) is 0 Å². The number of pyridine rings is 1. The molecule has 1 aliphatic carbocycles. The largest absolute Gasteiger partial charge is 0.444 e. The number of rotatable bonds is 5. The Labute approximate surface area is 235 Å². The summed E-state index contributed by atoms with van der Waals surface area (Å²) in [5.74, 6) is -0.0290. The average molecular weight is 556 g/mol. The molecule has 1 saturated heterocycles. The van der Waals surface area contributed by atoms with Gasteiger partial charge < -0.3 is 20.3 Å². The number of ether oxygens (including phenoxy) is 1.